The number of para-hydroxylation sites is 1. The molecule has 0 bridgehead atoms. The average Bonchev–Trinajstić information content (AvgIpc) is 2.28. The van der Waals surface area contributed by atoms with Crippen LogP contribution in [-0.2, 0) is 6.42 Å². The number of rotatable bonds is 6. The molecule has 0 saturated carbocycles. The van der Waals surface area contributed by atoms with Crippen molar-refractivity contribution >= 4 is 12.4 Å². The van der Waals surface area contributed by atoms with Crippen molar-refractivity contribution in [3.8, 4) is 5.75 Å². The van der Waals surface area contributed by atoms with Gasteiger partial charge in [-0.25, -0.2) is 0 Å². The van der Waals surface area contributed by atoms with Crippen molar-refractivity contribution in [1.29, 1.82) is 0 Å². The van der Waals surface area contributed by atoms with E-state index >= 15 is 0 Å². The highest BCUT2D eigenvalue weighted by Gasteiger charge is 2.07. The molecule has 0 saturated heterocycles. The Bertz CT molecular complexity index is 296. The minimum absolute atomic E-state index is 0. The summed E-state index contributed by atoms with van der Waals surface area (Å²) in [6.45, 7) is 0.208. The molecule has 4 N–H and O–H groups in total. The molecule has 0 heterocycles. The van der Waals surface area contributed by atoms with E-state index in [9.17, 15) is 0 Å². The van der Waals surface area contributed by atoms with Crippen molar-refractivity contribution in [2.75, 3.05) is 19.8 Å². The maximum Gasteiger partial charge on any atom is 0.122 e. The monoisotopic (exact) mass is 247 g/mol. The smallest absolute Gasteiger partial charge is 0.122 e. The molecule has 4 nitrogen and oxygen atoms in total. The summed E-state index contributed by atoms with van der Waals surface area (Å²) in [5.74, 6) is 0.718. The molecule has 0 spiro atoms. The Morgan fingerprint density at radius 2 is 1.94 bits per heavy atom. The van der Waals surface area contributed by atoms with E-state index in [1.807, 2.05) is 24.3 Å². The van der Waals surface area contributed by atoms with Gasteiger partial charge in [-0.2, -0.15) is 0 Å². The molecule has 16 heavy (non-hydrogen) atoms. The molecule has 1 rings (SSSR count). The van der Waals surface area contributed by atoms with Crippen LogP contribution in [0.3, 0.4) is 0 Å². The molecule has 0 fully saturated rings. The first-order valence-corrected chi connectivity index (χ1v) is 4.96. The molecule has 0 aliphatic heterocycles. The third-order valence-electron chi connectivity index (χ3n) is 2.04. The maximum absolute atomic E-state index is 8.86. The summed E-state index contributed by atoms with van der Waals surface area (Å²) in [6, 6.07) is 7.22. The first-order valence-electron chi connectivity index (χ1n) is 4.96. The van der Waals surface area contributed by atoms with E-state index in [4.69, 9.17) is 20.7 Å². The second-order valence-corrected chi connectivity index (χ2v) is 3.33. The number of aliphatic hydroxyl groups excluding tert-OH is 2. The number of ether oxygens (including phenoxy) is 1. The molecule has 1 aromatic carbocycles. The highest BCUT2D eigenvalue weighted by atomic mass is 35.5. The fraction of sp³-hybridized carbons (Fsp3) is 0.455. The molecule has 5 heteroatoms. The zero-order chi connectivity index (χ0) is 11.1. The van der Waals surface area contributed by atoms with Crippen molar-refractivity contribution < 1.29 is 14.9 Å². The molecular weight excluding hydrogens is 230 g/mol. The van der Waals surface area contributed by atoms with E-state index in [2.05, 4.69) is 0 Å². The van der Waals surface area contributed by atoms with E-state index in [1.165, 1.54) is 0 Å². The minimum atomic E-state index is -0.274. The van der Waals surface area contributed by atoms with Crippen molar-refractivity contribution in [3.05, 3.63) is 29.8 Å². The highest BCUT2D eigenvalue weighted by Crippen LogP contribution is 2.18. The molecule has 92 valence electrons. The van der Waals surface area contributed by atoms with Crippen molar-refractivity contribution in [1.82, 2.24) is 0 Å². The normalized spacial score (nSPS) is 11.7. The summed E-state index contributed by atoms with van der Waals surface area (Å²) < 4.78 is 5.34. The third-order valence-corrected chi connectivity index (χ3v) is 2.04. The summed E-state index contributed by atoms with van der Waals surface area (Å²) in [7, 11) is 0. The van der Waals surface area contributed by atoms with Crippen LogP contribution in [-0.4, -0.2) is 36.1 Å². The Balaban J connectivity index is 0.00000225. The Morgan fingerprint density at radius 1 is 1.25 bits per heavy atom. The lowest BCUT2D eigenvalue weighted by Crippen LogP contribution is -2.27. The topological polar surface area (TPSA) is 75.7 Å². The van der Waals surface area contributed by atoms with Crippen LogP contribution < -0.4 is 10.5 Å². The van der Waals surface area contributed by atoms with Crippen LogP contribution in [0.15, 0.2) is 24.3 Å². The van der Waals surface area contributed by atoms with Gasteiger partial charge >= 0.3 is 0 Å². The number of hydrogen-bond acceptors (Lipinski definition) is 4. The van der Waals surface area contributed by atoms with Crippen LogP contribution in [0.4, 0.5) is 0 Å². The molecular formula is C11H18ClNO3. The third kappa shape index (κ3) is 4.81. The number of aliphatic hydroxyl groups is 2. The number of halogens is 1. The lowest BCUT2D eigenvalue weighted by molar-refractivity contribution is 0.199. The predicted molar refractivity (Wildman–Crippen MR) is 65.0 cm³/mol. The Hall–Kier alpha value is -0.810. The standard InChI is InChI=1S/C11H17NO3.ClH/c12-10(8-14)7-9-3-1-2-4-11(9)15-6-5-13;/h1-4,10,13-14H,5-8,12H2;1H. The van der Waals surface area contributed by atoms with E-state index in [0.29, 0.717) is 6.42 Å². The molecule has 1 aromatic rings. The van der Waals surface area contributed by atoms with Gasteiger partial charge in [-0.3, -0.25) is 0 Å². The molecule has 1 unspecified atom stereocenters. The summed E-state index contributed by atoms with van der Waals surface area (Å²) in [5, 5.41) is 17.5. The minimum Gasteiger partial charge on any atom is -0.491 e. The van der Waals surface area contributed by atoms with Gasteiger partial charge < -0.3 is 20.7 Å². The highest BCUT2D eigenvalue weighted by molar-refractivity contribution is 5.85. The van der Waals surface area contributed by atoms with Crippen molar-refractivity contribution in [2.24, 2.45) is 5.73 Å². The molecule has 0 radical (unpaired) electrons. The van der Waals surface area contributed by atoms with E-state index in [0.717, 1.165) is 11.3 Å². The van der Waals surface area contributed by atoms with Gasteiger partial charge in [0.05, 0.1) is 13.2 Å². The Morgan fingerprint density at radius 3 is 2.56 bits per heavy atom. The average molecular weight is 248 g/mol. The summed E-state index contributed by atoms with van der Waals surface area (Å²) >= 11 is 0. The predicted octanol–water partition coefficient (Wildman–Crippen LogP) is 0.342. The Labute approximate surface area is 101 Å². The maximum atomic E-state index is 8.86. The second kappa shape index (κ2) is 8.35. The van der Waals surface area contributed by atoms with Gasteiger partial charge in [0.1, 0.15) is 12.4 Å². The number of benzene rings is 1. The van der Waals surface area contributed by atoms with Crippen LogP contribution in [0.1, 0.15) is 5.56 Å². The lowest BCUT2D eigenvalue weighted by Gasteiger charge is -2.13. The van der Waals surface area contributed by atoms with E-state index < -0.39 is 0 Å². The molecule has 0 aromatic heterocycles. The zero-order valence-electron chi connectivity index (χ0n) is 9.00. The molecule has 1 atom stereocenters. The SMILES string of the molecule is Cl.NC(CO)Cc1ccccc1OCCO. The fourth-order valence-electron chi connectivity index (χ4n) is 1.32. The van der Waals surface area contributed by atoms with Gasteiger partial charge in [-0.15, -0.1) is 12.4 Å². The largest absolute Gasteiger partial charge is 0.491 e. The second-order valence-electron chi connectivity index (χ2n) is 3.33. The van der Waals surface area contributed by atoms with Crippen LogP contribution >= 0.6 is 12.4 Å². The first-order chi connectivity index (χ1) is 7.27. The fourth-order valence-corrected chi connectivity index (χ4v) is 1.32. The summed E-state index contributed by atoms with van der Waals surface area (Å²) in [4.78, 5) is 0. The lowest BCUT2D eigenvalue weighted by atomic mass is 10.1. The number of hydrogen-bond donors (Lipinski definition) is 3. The van der Waals surface area contributed by atoms with Crippen LogP contribution in [0.25, 0.3) is 0 Å². The molecule has 0 aliphatic carbocycles. The van der Waals surface area contributed by atoms with E-state index in [1.54, 1.807) is 0 Å². The van der Waals surface area contributed by atoms with E-state index in [-0.39, 0.29) is 38.3 Å². The Kier molecular flexibility index (Phi) is 7.93. The van der Waals surface area contributed by atoms with Gasteiger partial charge in [-0.05, 0) is 18.1 Å². The quantitative estimate of drug-likeness (QED) is 0.678. The van der Waals surface area contributed by atoms with Crippen LogP contribution in [0, 0.1) is 0 Å². The van der Waals surface area contributed by atoms with Gasteiger partial charge in [-0.1, -0.05) is 18.2 Å². The van der Waals surface area contributed by atoms with Crippen molar-refractivity contribution in [2.45, 2.75) is 12.5 Å². The van der Waals surface area contributed by atoms with Crippen molar-refractivity contribution in [3.63, 3.8) is 0 Å². The first kappa shape index (κ1) is 15.2. The van der Waals surface area contributed by atoms with Crippen LogP contribution in [0.5, 0.6) is 5.75 Å². The zero-order valence-corrected chi connectivity index (χ0v) is 9.82. The summed E-state index contributed by atoms with van der Waals surface area (Å²) in [6.07, 6.45) is 0.568. The summed E-state index contributed by atoms with van der Waals surface area (Å²) in [5.41, 5.74) is 6.60. The van der Waals surface area contributed by atoms with Gasteiger partial charge in [0.25, 0.3) is 0 Å². The number of nitrogens with two attached hydrogens (primary N) is 1. The van der Waals surface area contributed by atoms with Gasteiger partial charge in [0.2, 0.25) is 0 Å². The molecule has 0 aliphatic rings. The molecule has 0 amide bonds. The van der Waals surface area contributed by atoms with Gasteiger partial charge in [0.15, 0.2) is 0 Å². The van der Waals surface area contributed by atoms with Crippen LogP contribution in [0.2, 0.25) is 0 Å². The van der Waals surface area contributed by atoms with Gasteiger partial charge in [0, 0.05) is 6.04 Å².